The molecule has 0 unspecified atom stereocenters. The zero-order valence-corrected chi connectivity index (χ0v) is 9.98. The van der Waals surface area contributed by atoms with Crippen molar-refractivity contribution in [2.24, 2.45) is 0 Å². The third-order valence-corrected chi connectivity index (χ3v) is 2.56. The number of Topliss-reactive ketones (excluding diaryl/α,β-unsaturated/α-hetero) is 1. The number of ketones is 1. The van der Waals surface area contributed by atoms with Gasteiger partial charge in [0.25, 0.3) is 0 Å². The SMILES string of the molecule is CC(=O)c1ccc(NCc2ccccn2)c(F)c1. The van der Waals surface area contributed by atoms with E-state index in [9.17, 15) is 9.18 Å². The van der Waals surface area contributed by atoms with Crippen molar-refractivity contribution in [1.82, 2.24) is 4.98 Å². The number of anilines is 1. The summed E-state index contributed by atoms with van der Waals surface area (Å²) < 4.78 is 13.7. The molecule has 0 fully saturated rings. The van der Waals surface area contributed by atoms with Crippen molar-refractivity contribution in [3.05, 3.63) is 59.7 Å². The summed E-state index contributed by atoms with van der Waals surface area (Å²) in [4.78, 5) is 15.2. The van der Waals surface area contributed by atoms with Gasteiger partial charge < -0.3 is 5.32 Å². The maximum atomic E-state index is 13.7. The summed E-state index contributed by atoms with van der Waals surface area (Å²) in [6.07, 6.45) is 1.69. The molecule has 2 rings (SSSR count). The molecule has 0 spiro atoms. The first kappa shape index (κ1) is 12.2. The largest absolute Gasteiger partial charge is 0.377 e. The highest BCUT2D eigenvalue weighted by molar-refractivity contribution is 5.94. The second-order valence-corrected chi connectivity index (χ2v) is 3.93. The predicted molar refractivity (Wildman–Crippen MR) is 68.0 cm³/mol. The van der Waals surface area contributed by atoms with E-state index in [-0.39, 0.29) is 5.78 Å². The van der Waals surface area contributed by atoms with Crippen molar-refractivity contribution in [1.29, 1.82) is 0 Å². The number of carbonyl (C=O) groups is 1. The molecule has 0 atom stereocenters. The van der Waals surface area contributed by atoms with Crippen LogP contribution in [-0.2, 0) is 6.54 Å². The van der Waals surface area contributed by atoms with Gasteiger partial charge in [0.1, 0.15) is 5.82 Å². The molecule has 4 heteroatoms. The average Bonchev–Trinajstić information content (AvgIpc) is 2.38. The quantitative estimate of drug-likeness (QED) is 0.840. The number of hydrogen-bond donors (Lipinski definition) is 1. The summed E-state index contributed by atoms with van der Waals surface area (Å²) in [6.45, 7) is 1.85. The molecule has 0 radical (unpaired) electrons. The van der Waals surface area contributed by atoms with E-state index in [4.69, 9.17) is 0 Å². The van der Waals surface area contributed by atoms with E-state index in [1.807, 2.05) is 18.2 Å². The summed E-state index contributed by atoms with van der Waals surface area (Å²) in [5.41, 5.74) is 1.56. The van der Waals surface area contributed by atoms with Crippen molar-refractivity contribution >= 4 is 11.5 Å². The highest BCUT2D eigenvalue weighted by atomic mass is 19.1. The summed E-state index contributed by atoms with van der Waals surface area (Å²) in [6, 6.07) is 9.96. The normalized spacial score (nSPS) is 10.1. The number of nitrogens with one attached hydrogen (secondary N) is 1. The van der Waals surface area contributed by atoms with Gasteiger partial charge in [0.05, 0.1) is 17.9 Å². The van der Waals surface area contributed by atoms with Crippen molar-refractivity contribution in [3.8, 4) is 0 Å². The minimum Gasteiger partial charge on any atom is -0.377 e. The minimum atomic E-state index is -0.432. The number of hydrogen-bond acceptors (Lipinski definition) is 3. The predicted octanol–water partition coefficient (Wildman–Crippen LogP) is 3.04. The number of halogens is 1. The number of benzene rings is 1. The van der Waals surface area contributed by atoms with E-state index in [2.05, 4.69) is 10.3 Å². The first-order valence-electron chi connectivity index (χ1n) is 5.61. The second-order valence-electron chi connectivity index (χ2n) is 3.93. The van der Waals surface area contributed by atoms with Crippen LogP contribution in [0.3, 0.4) is 0 Å². The number of pyridine rings is 1. The molecule has 3 nitrogen and oxygen atoms in total. The van der Waals surface area contributed by atoms with Gasteiger partial charge in [-0.05, 0) is 37.3 Å². The zero-order valence-electron chi connectivity index (χ0n) is 9.98. The van der Waals surface area contributed by atoms with Crippen LogP contribution in [0.2, 0.25) is 0 Å². The average molecular weight is 244 g/mol. The van der Waals surface area contributed by atoms with E-state index in [1.165, 1.54) is 13.0 Å². The molecule has 1 N–H and O–H groups in total. The summed E-state index contributed by atoms with van der Waals surface area (Å²) >= 11 is 0. The molecule has 0 aliphatic rings. The Hall–Kier alpha value is -2.23. The summed E-state index contributed by atoms with van der Waals surface area (Å²) in [7, 11) is 0. The van der Waals surface area contributed by atoms with E-state index in [0.29, 0.717) is 17.8 Å². The molecule has 18 heavy (non-hydrogen) atoms. The monoisotopic (exact) mass is 244 g/mol. The topological polar surface area (TPSA) is 42.0 Å². The lowest BCUT2D eigenvalue weighted by molar-refractivity contribution is 0.101. The summed E-state index contributed by atoms with van der Waals surface area (Å²) in [5.74, 6) is -0.580. The van der Waals surface area contributed by atoms with Gasteiger partial charge >= 0.3 is 0 Å². The van der Waals surface area contributed by atoms with Crippen LogP contribution in [0.15, 0.2) is 42.6 Å². The molecule has 2 aromatic rings. The Balaban J connectivity index is 2.08. The van der Waals surface area contributed by atoms with Crippen molar-refractivity contribution in [3.63, 3.8) is 0 Å². The maximum absolute atomic E-state index is 13.7. The minimum absolute atomic E-state index is 0.148. The Labute approximate surface area is 105 Å². The Morgan fingerprint density at radius 3 is 2.78 bits per heavy atom. The number of rotatable bonds is 4. The highest BCUT2D eigenvalue weighted by Crippen LogP contribution is 2.16. The smallest absolute Gasteiger partial charge is 0.159 e. The van der Waals surface area contributed by atoms with Gasteiger partial charge in [0.15, 0.2) is 5.78 Å². The molecule has 0 amide bonds. The zero-order chi connectivity index (χ0) is 13.0. The summed E-state index contributed by atoms with van der Waals surface area (Å²) in [5, 5.41) is 2.95. The van der Waals surface area contributed by atoms with E-state index in [0.717, 1.165) is 5.69 Å². The van der Waals surface area contributed by atoms with Crippen molar-refractivity contribution < 1.29 is 9.18 Å². The lowest BCUT2D eigenvalue weighted by Crippen LogP contribution is -2.04. The maximum Gasteiger partial charge on any atom is 0.159 e. The van der Waals surface area contributed by atoms with Crippen LogP contribution in [0.1, 0.15) is 23.0 Å². The van der Waals surface area contributed by atoms with Crippen LogP contribution in [0, 0.1) is 5.82 Å². The van der Waals surface area contributed by atoms with Gasteiger partial charge in [0.2, 0.25) is 0 Å². The molecule has 0 aliphatic heterocycles. The van der Waals surface area contributed by atoms with E-state index >= 15 is 0 Å². The van der Waals surface area contributed by atoms with Crippen LogP contribution in [0.5, 0.6) is 0 Å². The Kier molecular flexibility index (Phi) is 3.67. The van der Waals surface area contributed by atoms with Crippen LogP contribution < -0.4 is 5.32 Å². The van der Waals surface area contributed by atoms with Gasteiger partial charge in [-0.1, -0.05) is 6.07 Å². The number of carbonyl (C=O) groups excluding carboxylic acids is 1. The van der Waals surface area contributed by atoms with Gasteiger partial charge in [-0.2, -0.15) is 0 Å². The molecule has 0 saturated carbocycles. The fraction of sp³-hybridized carbons (Fsp3) is 0.143. The molecule has 1 aromatic carbocycles. The third kappa shape index (κ3) is 2.91. The Bertz CT molecular complexity index is 555. The highest BCUT2D eigenvalue weighted by Gasteiger charge is 2.06. The number of aromatic nitrogens is 1. The lowest BCUT2D eigenvalue weighted by Gasteiger charge is -2.07. The Morgan fingerprint density at radius 1 is 1.33 bits per heavy atom. The van der Waals surface area contributed by atoms with Crippen LogP contribution in [0.4, 0.5) is 10.1 Å². The van der Waals surface area contributed by atoms with E-state index < -0.39 is 5.82 Å². The van der Waals surface area contributed by atoms with Gasteiger partial charge in [-0.15, -0.1) is 0 Å². The first-order chi connectivity index (χ1) is 8.66. The van der Waals surface area contributed by atoms with Crippen LogP contribution >= 0.6 is 0 Å². The Morgan fingerprint density at radius 2 is 2.17 bits per heavy atom. The molecule has 0 aliphatic carbocycles. The third-order valence-electron chi connectivity index (χ3n) is 2.56. The van der Waals surface area contributed by atoms with Crippen LogP contribution in [0.25, 0.3) is 0 Å². The fourth-order valence-electron chi connectivity index (χ4n) is 1.57. The van der Waals surface area contributed by atoms with Crippen molar-refractivity contribution in [2.45, 2.75) is 13.5 Å². The molecule has 1 heterocycles. The standard InChI is InChI=1S/C14H13FN2O/c1-10(18)11-5-6-14(13(15)8-11)17-9-12-4-2-3-7-16-12/h2-8,17H,9H2,1H3. The first-order valence-corrected chi connectivity index (χ1v) is 5.61. The molecule has 1 aromatic heterocycles. The molecule has 0 bridgehead atoms. The lowest BCUT2D eigenvalue weighted by atomic mass is 10.1. The van der Waals surface area contributed by atoms with Crippen LogP contribution in [-0.4, -0.2) is 10.8 Å². The van der Waals surface area contributed by atoms with Gasteiger partial charge in [-0.25, -0.2) is 4.39 Å². The van der Waals surface area contributed by atoms with Gasteiger partial charge in [-0.3, -0.25) is 9.78 Å². The fourth-order valence-corrected chi connectivity index (χ4v) is 1.57. The van der Waals surface area contributed by atoms with E-state index in [1.54, 1.807) is 18.3 Å². The van der Waals surface area contributed by atoms with Crippen molar-refractivity contribution in [2.75, 3.05) is 5.32 Å². The molecule has 0 saturated heterocycles. The second kappa shape index (κ2) is 5.40. The molecular formula is C14H13FN2O. The molecule has 92 valence electrons. The molecular weight excluding hydrogens is 231 g/mol. The number of nitrogens with zero attached hydrogens (tertiary/aromatic N) is 1. The van der Waals surface area contributed by atoms with Gasteiger partial charge in [0, 0.05) is 11.8 Å².